The van der Waals surface area contributed by atoms with Gasteiger partial charge >= 0.3 is 0 Å². The molecular weight excluding hydrogens is 224 g/mol. The largest absolute Gasteiger partial charge is 0.280 e. The lowest BCUT2D eigenvalue weighted by atomic mass is 9.92. The molecule has 0 bridgehead atoms. The number of para-hydroxylation sites is 1. The van der Waals surface area contributed by atoms with Gasteiger partial charge in [-0.1, -0.05) is 45.0 Å². The van der Waals surface area contributed by atoms with E-state index in [0.717, 1.165) is 11.4 Å². The number of rotatable bonds is 1. The third-order valence-corrected chi connectivity index (χ3v) is 2.64. The molecule has 0 saturated carbocycles. The van der Waals surface area contributed by atoms with Crippen LogP contribution in [-0.4, -0.2) is 11.6 Å². The Labute approximate surface area is 108 Å². The topological polar surface area (TPSA) is 32.7 Å². The molecule has 3 heteroatoms. The van der Waals surface area contributed by atoms with Crippen LogP contribution in [0.2, 0.25) is 0 Å². The quantitative estimate of drug-likeness (QED) is 0.695. The van der Waals surface area contributed by atoms with Gasteiger partial charge in [-0.15, -0.1) is 0 Å². The third-order valence-electron chi connectivity index (χ3n) is 2.64. The minimum absolute atomic E-state index is 0.0333. The van der Waals surface area contributed by atoms with Crippen molar-refractivity contribution in [2.45, 2.75) is 27.7 Å². The van der Waals surface area contributed by atoms with Crippen LogP contribution in [0.3, 0.4) is 0 Å². The standard InChI is InChI=1S/C15H18N2O/c1-11-13(10-15(2,3)4)14(18)17(16-11)12-8-6-5-7-9-12/h5-10H,1-4H3/b13-10-. The van der Waals surface area contributed by atoms with Gasteiger partial charge in [-0.3, -0.25) is 4.79 Å². The maximum atomic E-state index is 12.3. The molecule has 3 nitrogen and oxygen atoms in total. The number of hydrogen-bond donors (Lipinski definition) is 0. The summed E-state index contributed by atoms with van der Waals surface area (Å²) in [4.78, 5) is 12.3. The lowest BCUT2D eigenvalue weighted by Crippen LogP contribution is -2.22. The van der Waals surface area contributed by atoms with E-state index in [4.69, 9.17) is 0 Å². The van der Waals surface area contributed by atoms with Crippen molar-refractivity contribution in [1.29, 1.82) is 0 Å². The first-order valence-electron chi connectivity index (χ1n) is 6.06. The summed E-state index contributed by atoms with van der Waals surface area (Å²) >= 11 is 0. The van der Waals surface area contributed by atoms with E-state index in [-0.39, 0.29) is 11.3 Å². The average molecular weight is 242 g/mol. The number of carbonyl (C=O) groups excluding carboxylic acids is 1. The Morgan fingerprint density at radius 3 is 2.33 bits per heavy atom. The van der Waals surface area contributed by atoms with Crippen LogP contribution < -0.4 is 5.01 Å². The van der Waals surface area contributed by atoms with Gasteiger partial charge in [-0.2, -0.15) is 10.1 Å². The van der Waals surface area contributed by atoms with Crippen molar-refractivity contribution in [1.82, 2.24) is 0 Å². The third kappa shape index (κ3) is 2.50. The normalized spacial score (nSPS) is 18.4. The fourth-order valence-electron chi connectivity index (χ4n) is 1.86. The molecule has 0 spiro atoms. The highest BCUT2D eigenvalue weighted by atomic mass is 16.2. The van der Waals surface area contributed by atoms with E-state index in [1.807, 2.05) is 43.3 Å². The van der Waals surface area contributed by atoms with Gasteiger partial charge in [0.05, 0.1) is 17.0 Å². The maximum Gasteiger partial charge on any atom is 0.280 e. The van der Waals surface area contributed by atoms with Crippen molar-refractivity contribution < 1.29 is 4.79 Å². The summed E-state index contributed by atoms with van der Waals surface area (Å²) in [6.45, 7) is 8.10. The van der Waals surface area contributed by atoms with E-state index >= 15 is 0 Å². The first-order valence-corrected chi connectivity index (χ1v) is 6.06. The van der Waals surface area contributed by atoms with Crippen molar-refractivity contribution in [2.24, 2.45) is 10.5 Å². The molecule has 0 fully saturated rings. The summed E-state index contributed by atoms with van der Waals surface area (Å²) in [7, 11) is 0. The number of carbonyl (C=O) groups is 1. The van der Waals surface area contributed by atoms with Crippen LogP contribution in [-0.2, 0) is 4.79 Å². The Hall–Kier alpha value is -1.90. The monoisotopic (exact) mass is 242 g/mol. The van der Waals surface area contributed by atoms with E-state index in [1.165, 1.54) is 5.01 Å². The summed E-state index contributed by atoms with van der Waals surface area (Å²) in [6.07, 6.45) is 1.98. The molecule has 18 heavy (non-hydrogen) atoms. The molecule has 0 atom stereocenters. The summed E-state index contributed by atoms with van der Waals surface area (Å²) in [5, 5.41) is 5.80. The molecule has 94 valence electrons. The predicted molar refractivity (Wildman–Crippen MR) is 74.6 cm³/mol. The van der Waals surface area contributed by atoms with Crippen LogP contribution in [0.25, 0.3) is 0 Å². The van der Waals surface area contributed by atoms with Crippen molar-refractivity contribution in [2.75, 3.05) is 5.01 Å². The van der Waals surface area contributed by atoms with E-state index in [2.05, 4.69) is 25.9 Å². The van der Waals surface area contributed by atoms with Crippen molar-refractivity contribution in [3.63, 3.8) is 0 Å². The highest BCUT2D eigenvalue weighted by Gasteiger charge is 2.29. The zero-order valence-electron chi connectivity index (χ0n) is 11.3. The van der Waals surface area contributed by atoms with Gasteiger partial charge in [0.25, 0.3) is 5.91 Å². The van der Waals surface area contributed by atoms with E-state index in [9.17, 15) is 4.79 Å². The molecule has 1 heterocycles. The van der Waals surface area contributed by atoms with Gasteiger partial charge in [0, 0.05) is 0 Å². The van der Waals surface area contributed by atoms with E-state index in [0.29, 0.717) is 5.57 Å². The fraction of sp³-hybridized carbons (Fsp3) is 0.333. The van der Waals surface area contributed by atoms with Crippen molar-refractivity contribution in [3.8, 4) is 0 Å². The second-order valence-electron chi connectivity index (χ2n) is 5.56. The van der Waals surface area contributed by atoms with E-state index < -0.39 is 0 Å². The van der Waals surface area contributed by atoms with Gasteiger partial charge in [0.2, 0.25) is 0 Å². The predicted octanol–water partition coefficient (Wildman–Crippen LogP) is 3.38. The molecule has 0 N–H and O–H groups in total. The molecule has 1 aromatic rings. The van der Waals surface area contributed by atoms with Gasteiger partial charge in [0.1, 0.15) is 0 Å². The maximum absolute atomic E-state index is 12.3. The van der Waals surface area contributed by atoms with Crippen LogP contribution in [0.15, 0.2) is 47.1 Å². The van der Waals surface area contributed by atoms with Gasteiger partial charge < -0.3 is 0 Å². The second-order valence-corrected chi connectivity index (χ2v) is 5.56. The minimum atomic E-state index is -0.0476. The molecular formula is C15H18N2O. The second kappa shape index (κ2) is 4.41. The molecule has 0 aliphatic carbocycles. The number of anilines is 1. The number of amides is 1. The molecule has 1 aromatic carbocycles. The lowest BCUT2D eigenvalue weighted by Gasteiger charge is -2.14. The van der Waals surface area contributed by atoms with Crippen LogP contribution in [0.4, 0.5) is 5.69 Å². The zero-order chi connectivity index (χ0) is 13.3. The van der Waals surface area contributed by atoms with Crippen LogP contribution >= 0.6 is 0 Å². The van der Waals surface area contributed by atoms with Crippen LogP contribution in [0.1, 0.15) is 27.7 Å². The summed E-state index contributed by atoms with van der Waals surface area (Å²) in [5.41, 5.74) is 2.25. The molecule has 1 aliphatic heterocycles. The van der Waals surface area contributed by atoms with Crippen molar-refractivity contribution >= 4 is 17.3 Å². The Balaban J connectivity index is 2.36. The highest BCUT2D eigenvalue weighted by molar-refractivity contribution is 6.29. The average Bonchev–Trinajstić information content (AvgIpc) is 2.56. The Morgan fingerprint density at radius 1 is 1.17 bits per heavy atom. The Kier molecular flexibility index (Phi) is 3.07. The minimum Gasteiger partial charge on any atom is -0.267 e. The summed E-state index contributed by atoms with van der Waals surface area (Å²) in [6, 6.07) is 9.49. The van der Waals surface area contributed by atoms with Crippen LogP contribution in [0.5, 0.6) is 0 Å². The van der Waals surface area contributed by atoms with Gasteiger partial charge in [0.15, 0.2) is 0 Å². The van der Waals surface area contributed by atoms with Gasteiger partial charge in [-0.05, 0) is 24.5 Å². The number of hydrogen-bond acceptors (Lipinski definition) is 2. The van der Waals surface area contributed by atoms with Crippen LogP contribution in [0, 0.1) is 5.41 Å². The fourth-order valence-corrected chi connectivity index (χ4v) is 1.86. The number of allylic oxidation sites excluding steroid dienone is 1. The first kappa shape index (κ1) is 12.6. The first-order chi connectivity index (χ1) is 8.38. The van der Waals surface area contributed by atoms with E-state index in [1.54, 1.807) is 0 Å². The van der Waals surface area contributed by atoms with Gasteiger partial charge in [-0.25, -0.2) is 0 Å². The Morgan fingerprint density at radius 2 is 1.78 bits per heavy atom. The summed E-state index contributed by atoms with van der Waals surface area (Å²) < 4.78 is 0. The molecule has 1 aliphatic rings. The molecule has 0 radical (unpaired) electrons. The zero-order valence-corrected chi connectivity index (χ0v) is 11.3. The number of benzene rings is 1. The molecule has 0 aromatic heterocycles. The molecule has 0 unspecified atom stereocenters. The summed E-state index contributed by atoms with van der Waals surface area (Å²) in [5.74, 6) is -0.0476. The highest BCUT2D eigenvalue weighted by Crippen LogP contribution is 2.26. The SMILES string of the molecule is CC1=NN(c2ccccc2)C(=O)/C1=C\C(C)(C)C. The molecule has 1 amide bonds. The number of hydrazone groups is 1. The van der Waals surface area contributed by atoms with Crippen molar-refractivity contribution in [3.05, 3.63) is 42.0 Å². The lowest BCUT2D eigenvalue weighted by molar-refractivity contribution is -0.114. The molecule has 2 rings (SSSR count). The molecule has 0 saturated heterocycles. The Bertz CT molecular complexity index is 521. The smallest absolute Gasteiger partial charge is 0.267 e. The number of nitrogens with zero attached hydrogens (tertiary/aromatic N) is 2.